The maximum Gasteiger partial charge on any atom is 0.00610 e. The SMILES string of the molecule is Cc1ccc(-c2ccc(C(C)c3ccccc3)cc2)cc1. The summed E-state index contributed by atoms with van der Waals surface area (Å²) >= 11 is 0. The van der Waals surface area contributed by atoms with Crippen LogP contribution in [0.15, 0.2) is 78.9 Å². The van der Waals surface area contributed by atoms with E-state index in [0.29, 0.717) is 5.92 Å². The Labute approximate surface area is 127 Å². The fourth-order valence-corrected chi connectivity index (χ4v) is 2.64. The fourth-order valence-electron chi connectivity index (χ4n) is 2.64. The van der Waals surface area contributed by atoms with Crippen LogP contribution in [-0.2, 0) is 0 Å². The normalized spacial score (nSPS) is 12.1. The Kier molecular flexibility index (Phi) is 3.87. The van der Waals surface area contributed by atoms with Crippen LogP contribution in [0.3, 0.4) is 0 Å². The fraction of sp³-hybridized carbons (Fsp3) is 0.143. The zero-order valence-corrected chi connectivity index (χ0v) is 12.6. The standard InChI is InChI=1S/C21H20/c1-16-8-10-20(11-9-16)21-14-12-19(13-15-21)17(2)18-6-4-3-5-7-18/h3-15,17H,1-2H3. The zero-order chi connectivity index (χ0) is 14.7. The molecule has 0 N–H and O–H groups in total. The molecule has 0 aliphatic heterocycles. The minimum Gasteiger partial charge on any atom is -0.0622 e. The highest BCUT2D eigenvalue weighted by molar-refractivity contribution is 5.64. The molecule has 0 spiro atoms. The predicted molar refractivity (Wildman–Crippen MR) is 90.6 cm³/mol. The van der Waals surface area contributed by atoms with Gasteiger partial charge in [0.05, 0.1) is 0 Å². The quantitative estimate of drug-likeness (QED) is 0.564. The first-order valence-electron chi connectivity index (χ1n) is 7.46. The van der Waals surface area contributed by atoms with E-state index in [-0.39, 0.29) is 0 Å². The monoisotopic (exact) mass is 272 g/mol. The maximum atomic E-state index is 2.26. The molecule has 0 saturated carbocycles. The van der Waals surface area contributed by atoms with Crippen molar-refractivity contribution in [2.24, 2.45) is 0 Å². The largest absolute Gasteiger partial charge is 0.0622 e. The van der Waals surface area contributed by atoms with Crippen LogP contribution in [0, 0.1) is 6.92 Å². The molecule has 0 radical (unpaired) electrons. The Morgan fingerprint density at radius 3 is 1.62 bits per heavy atom. The molecule has 0 saturated heterocycles. The van der Waals surface area contributed by atoms with Gasteiger partial charge >= 0.3 is 0 Å². The lowest BCUT2D eigenvalue weighted by Gasteiger charge is -2.13. The Morgan fingerprint density at radius 2 is 1.05 bits per heavy atom. The highest BCUT2D eigenvalue weighted by Crippen LogP contribution is 2.27. The molecule has 1 atom stereocenters. The Morgan fingerprint density at radius 1 is 0.571 bits per heavy atom. The van der Waals surface area contributed by atoms with Crippen LogP contribution in [0.25, 0.3) is 11.1 Å². The number of hydrogen-bond donors (Lipinski definition) is 0. The summed E-state index contributed by atoms with van der Waals surface area (Å²) in [6.07, 6.45) is 0. The average molecular weight is 272 g/mol. The molecule has 3 aromatic rings. The Hall–Kier alpha value is -2.34. The maximum absolute atomic E-state index is 2.26. The summed E-state index contributed by atoms with van der Waals surface area (Å²) in [5.41, 5.74) is 6.57. The van der Waals surface area contributed by atoms with Gasteiger partial charge in [-0.25, -0.2) is 0 Å². The van der Waals surface area contributed by atoms with E-state index in [1.807, 2.05) is 0 Å². The summed E-state index contributed by atoms with van der Waals surface area (Å²) in [7, 11) is 0. The molecule has 0 bridgehead atoms. The number of benzene rings is 3. The summed E-state index contributed by atoms with van der Waals surface area (Å²) < 4.78 is 0. The van der Waals surface area contributed by atoms with Crippen LogP contribution in [0.1, 0.15) is 29.5 Å². The highest BCUT2D eigenvalue weighted by Gasteiger charge is 2.07. The molecular weight excluding hydrogens is 252 g/mol. The Bertz CT molecular complexity index is 691. The first-order chi connectivity index (χ1) is 10.2. The van der Waals surface area contributed by atoms with Gasteiger partial charge in [0.25, 0.3) is 0 Å². The second kappa shape index (κ2) is 5.97. The van der Waals surface area contributed by atoms with Gasteiger partial charge in [-0.2, -0.15) is 0 Å². The van der Waals surface area contributed by atoms with E-state index in [1.165, 1.54) is 27.8 Å². The van der Waals surface area contributed by atoms with Crippen molar-refractivity contribution in [1.82, 2.24) is 0 Å². The highest BCUT2D eigenvalue weighted by atomic mass is 14.1. The first kappa shape index (κ1) is 13.6. The number of rotatable bonds is 3. The average Bonchev–Trinajstić information content (AvgIpc) is 2.56. The zero-order valence-electron chi connectivity index (χ0n) is 12.6. The predicted octanol–water partition coefficient (Wildman–Crippen LogP) is 5.81. The van der Waals surface area contributed by atoms with Gasteiger partial charge in [-0.1, -0.05) is 91.3 Å². The van der Waals surface area contributed by atoms with E-state index in [0.717, 1.165) is 0 Å². The van der Waals surface area contributed by atoms with Crippen molar-refractivity contribution in [3.63, 3.8) is 0 Å². The van der Waals surface area contributed by atoms with E-state index in [4.69, 9.17) is 0 Å². The van der Waals surface area contributed by atoms with E-state index < -0.39 is 0 Å². The third-order valence-corrected chi connectivity index (χ3v) is 4.10. The summed E-state index contributed by atoms with van der Waals surface area (Å²) in [5, 5.41) is 0. The molecule has 0 amide bonds. The topological polar surface area (TPSA) is 0 Å². The lowest BCUT2D eigenvalue weighted by atomic mass is 9.92. The summed E-state index contributed by atoms with van der Waals surface area (Å²) in [4.78, 5) is 0. The van der Waals surface area contributed by atoms with Gasteiger partial charge in [-0.05, 0) is 29.2 Å². The van der Waals surface area contributed by atoms with Crippen molar-refractivity contribution in [2.75, 3.05) is 0 Å². The number of hydrogen-bond acceptors (Lipinski definition) is 0. The van der Waals surface area contributed by atoms with E-state index in [9.17, 15) is 0 Å². The van der Waals surface area contributed by atoms with Crippen molar-refractivity contribution < 1.29 is 0 Å². The molecule has 3 aromatic carbocycles. The van der Waals surface area contributed by atoms with E-state index in [2.05, 4.69) is 92.7 Å². The molecule has 3 rings (SSSR count). The molecule has 21 heavy (non-hydrogen) atoms. The van der Waals surface area contributed by atoms with Gasteiger partial charge in [0, 0.05) is 5.92 Å². The van der Waals surface area contributed by atoms with E-state index >= 15 is 0 Å². The van der Waals surface area contributed by atoms with Crippen molar-refractivity contribution in [3.05, 3.63) is 95.6 Å². The molecule has 0 heterocycles. The summed E-state index contributed by atoms with van der Waals surface area (Å²) in [6, 6.07) is 28.3. The van der Waals surface area contributed by atoms with Gasteiger partial charge in [-0.3, -0.25) is 0 Å². The molecule has 0 heteroatoms. The molecule has 104 valence electrons. The van der Waals surface area contributed by atoms with Gasteiger partial charge in [0.1, 0.15) is 0 Å². The first-order valence-corrected chi connectivity index (χ1v) is 7.46. The van der Waals surface area contributed by atoms with Crippen molar-refractivity contribution in [2.45, 2.75) is 19.8 Å². The molecule has 0 aliphatic carbocycles. The molecule has 1 unspecified atom stereocenters. The molecular formula is C21H20. The third-order valence-electron chi connectivity index (χ3n) is 4.10. The van der Waals surface area contributed by atoms with Crippen LogP contribution in [-0.4, -0.2) is 0 Å². The summed E-state index contributed by atoms with van der Waals surface area (Å²) in [5.74, 6) is 0.429. The van der Waals surface area contributed by atoms with Crippen molar-refractivity contribution >= 4 is 0 Å². The van der Waals surface area contributed by atoms with Gasteiger partial charge in [-0.15, -0.1) is 0 Å². The molecule has 0 nitrogen and oxygen atoms in total. The minimum atomic E-state index is 0.429. The van der Waals surface area contributed by atoms with Crippen LogP contribution < -0.4 is 0 Å². The van der Waals surface area contributed by atoms with E-state index in [1.54, 1.807) is 0 Å². The lowest BCUT2D eigenvalue weighted by molar-refractivity contribution is 0.923. The van der Waals surface area contributed by atoms with Crippen LogP contribution in [0.2, 0.25) is 0 Å². The lowest BCUT2D eigenvalue weighted by Crippen LogP contribution is -1.95. The second-order valence-corrected chi connectivity index (χ2v) is 5.62. The third kappa shape index (κ3) is 3.05. The Balaban J connectivity index is 1.85. The second-order valence-electron chi connectivity index (χ2n) is 5.62. The minimum absolute atomic E-state index is 0.429. The van der Waals surface area contributed by atoms with Crippen LogP contribution in [0.5, 0.6) is 0 Å². The smallest absolute Gasteiger partial charge is 0.00610 e. The molecule has 0 aromatic heterocycles. The van der Waals surface area contributed by atoms with Gasteiger partial charge in [0.2, 0.25) is 0 Å². The van der Waals surface area contributed by atoms with Crippen molar-refractivity contribution in [3.8, 4) is 11.1 Å². The van der Waals surface area contributed by atoms with Gasteiger partial charge in [0.15, 0.2) is 0 Å². The van der Waals surface area contributed by atoms with Crippen LogP contribution >= 0.6 is 0 Å². The van der Waals surface area contributed by atoms with Gasteiger partial charge < -0.3 is 0 Å². The summed E-state index contributed by atoms with van der Waals surface area (Å²) in [6.45, 7) is 4.38. The molecule has 0 aliphatic rings. The van der Waals surface area contributed by atoms with Crippen LogP contribution in [0.4, 0.5) is 0 Å². The van der Waals surface area contributed by atoms with Crippen molar-refractivity contribution in [1.29, 1.82) is 0 Å². The number of aryl methyl sites for hydroxylation is 1. The molecule has 0 fully saturated rings.